The van der Waals surface area contributed by atoms with Crippen LogP contribution in [0.5, 0.6) is 0 Å². The van der Waals surface area contributed by atoms with Crippen molar-refractivity contribution in [2.24, 2.45) is 4.99 Å². The van der Waals surface area contributed by atoms with Gasteiger partial charge in [-0.25, -0.2) is 0 Å². The Hall–Kier alpha value is -1.83. The van der Waals surface area contributed by atoms with Gasteiger partial charge < -0.3 is 9.80 Å². The fraction of sp³-hybridized carbons (Fsp3) is 0.500. The molecule has 0 aliphatic rings. The molecule has 0 aromatic carbocycles. The maximum Gasteiger partial charge on any atom is 0.290 e. The fourth-order valence-electron chi connectivity index (χ4n) is 0.697. The van der Waals surface area contributed by atoms with E-state index in [0.717, 1.165) is 0 Å². The second kappa shape index (κ2) is 5.81. The van der Waals surface area contributed by atoms with Gasteiger partial charge in [-0.2, -0.15) is 10.3 Å². The minimum atomic E-state index is -0.516. The van der Waals surface area contributed by atoms with Crippen LogP contribution in [0.25, 0.3) is 0 Å². The highest BCUT2D eigenvalue weighted by Gasteiger charge is 2.08. The van der Waals surface area contributed by atoms with Crippen molar-refractivity contribution in [3.8, 4) is 6.07 Å². The second-order valence-corrected chi connectivity index (χ2v) is 3.48. The quantitative estimate of drug-likeness (QED) is 0.286. The van der Waals surface area contributed by atoms with Gasteiger partial charge >= 0.3 is 0 Å². The van der Waals surface area contributed by atoms with Gasteiger partial charge in [0.1, 0.15) is 17.5 Å². The van der Waals surface area contributed by atoms with Crippen molar-refractivity contribution in [3.63, 3.8) is 0 Å². The van der Waals surface area contributed by atoms with E-state index >= 15 is 0 Å². The average molecular weight is 208 g/mol. The van der Waals surface area contributed by atoms with Crippen LogP contribution in [-0.2, 0) is 4.79 Å². The molecule has 0 N–H and O–H groups in total. The summed E-state index contributed by atoms with van der Waals surface area (Å²) >= 11 is 0. The van der Waals surface area contributed by atoms with E-state index in [0.29, 0.717) is 5.84 Å². The predicted molar refractivity (Wildman–Crippen MR) is 59.2 cm³/mol. The molecule has 0 rings (SSSR count). The van der Waals surface area contributed by atoms with Gasteiger partial charge in [-0.3, -0.25) is 4.79 Å². The number of amidine groups is 1. The largest absolute Gasteiger partial charge is 0.382 e. The van der Waals surface area contributed by atoms with Crippen molar-refractivity contribution >= 4 is 11.7 Å². The second-order valence-electron chi connectivity index (χ2n) is 3.48. The number of hydrogen-bond acceptors (Lipinski definition) is 3. The summed E-state index contributed by atoms with van der Waals surface area (Å²) in [5.74, 6) is 0.0531. The third-order valence-corrected chi connectivity index (χ3v) is 1.65. The molecule has 0 aromatic heterocycles. The third-order valence-electron chi connectivity index (χ3n) is 1.65. The average Bonchev–Trinajstić information content (AvgIpc) is 2.13. The molecule has 0 aromatic rings. The molecule has 5 heteroatoms. The Bertz CT molecular complexity index is 334. The summed E-state index contributed by atoms with van der Waals surface area (Å²) in [5, 5.41) is 8.75. The molecule has 0 saturated carbocycles. The van der Waals surface area contributed by atoms with Crippen molar-refractivity contribution in [3.05, 3.63) is 11.8 Å². The number of carbonyl (C=O) groups is 1. The first-order chi connectivity index (χ1) is 6.88. The summed E-state index contributed by atoms with van der Waals surface area (Å²) in [6.45, 7) is 1.71. The maximum absolute atomic E-state index is 11.5. The molecule has 0 aliphatic carbocycles. The zero-order chi connectivity index (χ0) is 12.0. The van der Waals surface area contributed by atoms with Gasteiger partial charge in [0.2, 0.25) is 0 Å². The topological polar surface area (TPSA) is 59.7 Å². The molecule has 0 heterocycles. The molecule has 82 valence electrons. The molecule has 0 unspecified atom stereocenters. The third kappa shape index (κ3) is 4.81. The van der Waals surface area contributed by atoms with Crippen molar-refractivity contribution in [2.75, 3.05) is 28.2 Å². The smallest absolute Gasteiger partial charge is 0.290 e. The Morgan fingerprint density at radius 2 is 1.87 bits per heavy atom. The molecule has 0 bridgehead atoms. The Morgan fingerprint density at radius 1 is 1.33 bits per heavy atom. The van der Waals surface area contributed by atoms with Crippen LogP contribution >= 0.6 is 0 Å². The van der Waals surface area contributed by atoms with E-state index in [1.165, 1.54) is 6.20 Å². The molecular formula is C10H16N4O. The van der Waals surface area contributed by atoms with Crippen LogP contribution in [0, 0.1) is 11.3 Å². The lowest BCUT2D eigenvalue weighted by Crippen LogP contribution is -2.20. The number of amides is 1. The minimum absolute atomic E-state index is 0.0289. The van der Waals surface area contributed by atoms with Crippen LogP contribution in [0.3, 0.4) is 0 Å². The first-order valence-corrected chi connectivity index (χ1v) is 4.43. The van der Waals surface area contributed by atoms with Crippen LogP contribution in [0.2, 0.25) is 0 Å². The summed E-state index contributed by atoms with van der Waals surface area (Å²) in [5.41, 5.74) is 0.0289. The van der Waals surface area contributed by atoms with Crippen molar-refractivity contribution < 1.29 is 4.79 Å². The van der Waals surface area contributed by atoms with E-state index in [9.17, 15) is 4.79 Å². The molecule has 0 saturated heterocycles. The normalized spacial score (nSPS) is 12.0. The summed E-state index contributed by atoms with van der Waals surface area (Å²) in [4.78, 5) is 18.6. The Balaban J connectivity index is 4.87. The lowest BCUT2D eigenvalue weighted by atomic mass is 10.3. The highest BCUT2D eigenvalue weighted by molar-refractivity contribution is 6.04. The van der Waals surface area contributed by atoms with Gasteiger partial charge in [-0.15, -0.1) is 0 Å². The maximum atomic E-state index is 11.5. The lowest BCUT2D eigenvalue weighted by molar-refractivity contribution is -0.114. The highest BCUT2D eigenvalue weighted by atomic mass is 16.1. The molecule has 0 atom stereocenters. The Kier molecular flexibility index (Phi) is 5.10. The van der Waals surface area contributed by atoms with E-state index in [4.69, 9.17) is 5.26 Å². The molecular weight excluding hydrogens is 192 g/mol. The molecule has 0 radical (unpaired) electrons. The van der Waals surface area contributed by atoms with Gasteiger partial charge in [0.15, 0.2) is 0 Å². The van der Waals surface area contributed by atoms with Gasteiger partial charge in [0.05, 0.1) is 0 Å². The first kappa shape index (κ1) is 13.2. The van der Waals surface area contributed by atoms with Crippen LogP contribution in [0.4, 0.5) is 0 Å². The standard InChI is InChI=1S/C10H16N4O/c1-8(14(4)5)12-10(15)9(6-11)7-13(2)3/h7H,1-5H3/b9-7+,12-8?. The summed E-state index contributed by atoms with van der Waals surface area (Å²) in [6.07, 6.45) is 1.45. The SMILES string of the molecule is CC(=NC(=O)/C(C#N)=C/N(C)C)N(C)C. The Labute approximate surface area is 90.3 Å². The van der Waals surface area contributed by atoms with E-state index in [-0.39, 0.29) is 5.57 Å². The molecule has 1 amide bonds. The van der Waals surface area contributed by atoms with Gasteiger partial charge in [0, 0.05) is 34.4 Å². The van der Waals surface area contributed by atoms with Crippen molar-refractivity contribution in [2.45, 2.75) is 6.92 Å². The molecule has 5 nitrogen and oxygen atoms in total. The van der Waals surface area contributed by atoms with E-state index in [2.05, 4.69) is 4.99 Å². The number of nitriles is 1. The van der Waals surface area contributed by atoms with E-state index < -0.39 is 5.91 Å². The molecule has 0 spiro atoms. The van der Waals surface area contributed by atoms with Crippen LogP contribution in [-0.4, -0.2) is 49.7 Å². The first-order valence-electron chi connectivity index (χ1n) is 4.43. The van der Waals surface area contributed by atoms with E-state index in [1.54, 1.807) is 44.9 Å². The van der Waals surface area contributed by atoms with Crippen molar-refractivity contribution in [1.29, 1.82) is 5.26 Å². The molecule has 15 heavy (non-hydrogen) atoms. The fourth-order valence-corrected chi connectivity index (χ4v) is 0.697. The summed E-state index contributed by atoms with van der Waals surface area (Å²) < 4.78 is 0. The molecule has 0 aliphatic heterocycles. The number of aliphatic imine (C=N–C) groups is 1. The summed E-state index contributed by atoms with van der Waals surface area (Å²) in [7, 11) is 7.06. The van der Waals surface area contributed by atoms with Crippen molar-refractivity contribution in [1.82, 2.24) is 9.80 Å². The zero-order valence-electron chi connectivity index (χ0n) is 9.77. The van der Waals surface area contributed by atoms with Gasteiger partial charge in [0.25, 0.3) is 5.91 Å². The number of nitrogens with zero attached hydrogens (tertiary/aromatic N) is 4. The zero-order valence-corrected chi connectivity index (χ0v) is 9.77. The number of carbonyl (C=O) groups excluding carboxylic acids is 1. The minimum Gasteiger partial charge on any atom is -0.382 e. The number of hydrogen-bond donors (Lipinski definition) is 0. The summed E-state index contributed by atoms with van der Waals surface area (Å²) in [6, 6.07) is 1.82. The van der Waals surface area contributed by atoms with Gasteiger partial charge in [-0.1, -0.05) is 0 Å². The predicted octanol–water partition coefficient (Wildman–Crippen LogP) is 0.462. The van der Waals surface area contributed by atoms with E-state index in [1.807, 2.05) is 6.07 Å². The van der Waals surface area contributed by atoms with Crippen LogP contribution in [0.1, 0.15) is 6.92 Å². The van der Waals surface area contributed by atoms with Crippen LogP contribution in [0.15, 0.2) is 16.8 Å². The highest BCUT2D eigenvalue weighted by Crippen LogP contribution is 1.98. The number of rotatable bonds is 2. The lowest BCUT2D eigenvalue weighted by Gasteiger charge is -2.10. The monoisotopic (exact) mass is 208 g/mol. The van der Waals surface area contributed by atoms with Crippen LogP contribution < -0.4 is 0 Å². The Morgan fingerprint density at radius 3 is 2.20 bits per heavy atom. The molecule has 0 fully saturated rings. The van der Waals surface area contributed by atoms with Gasteiger partial charge in [-0.05, 0) is 6.92 Å².